The van der Waals surface area contributed by atoms with Crippen molar-refractivity contribution < 1.29 is 106 Å². The standard InChI is InChI=1S/C59H42BF22NO2P/c1-29-10-6-8-12-43(29)86(44-13-9-7-11-30(44)2)45-16-31(14-15-41(45)52-83-46(28-85-52)53(3,4)5)26-84-27-42-48(61)50(63)47(51(64)49(42)62)60(38-20-32(54(65,66)67)17-33(21-38)55(68,69)70,39-22-34(56(71,72)73)18-35(23-39)57(74,75)76)40-24-36(58(77,78)79)19-37(25-40)59(80,81)82/h6-25,46H,26-28H2,1-5H3/q-1/t46-/m1/s1. The molecule has 0 aliphatic carbocycles. The second kappa shape index (κ2) is 22.9. The van der Waals surface area contributed by atoms with Crippen LogP contribution in [0.15, 0.2) is 126 Å². The van der Waals surface area contributed by atoms with Gasteiger partial charge in [-0.25, -0.2) is 22.6 Å². The van der Waals surface area contributed by atoms with E-state index in [1.807, 2.05) is 58.9 Å². The van der Waals surface area contributed by atoms with Crippen LogP contribution in [0.4, 0.5) is 96.6 Å². The third kappa shape index (κ3) is 13.0. The quantitative estimate of drug-likeness (QED) is 0.0528. The largest absolute Gasteiger partial charge is 0.475 e. The molecule has 0 bridgehead atoms. The first kappa shape index (κ1) is 64.9. The van der Waals surface area contributed by atoms with Crippen molar-refractivity contribution in [3.63, 3.8) is 0 Å². The predicted molar refractivity (Wildman–Crippen MR) is 279 cm³/mol. The van der Waals surface area contributed by atoms with Crippen molar-refractivity contribution in [3.05, 3.63) is 206 Å². The van der Waals surface area contributed by atoms with Crippen LogP contribution < -0.4 is 37.8 Å². The molecule has 1 aliphatic rings. The first-order valence-electron chi connectivity index (χ1n) is 25.3. The fraction of sp³-hybridized carbons (Fsp3) is 0.271. The number of ether oxygens (including phenoxy) is 2. The molecule has 7 aromatic carbocycles. The molecular weight excluding hydrogens is 1210 g/mol. The molecule has 0 amide bonds. The van der Waals surface area contributed by atoms with Gasteiger partial charge >= 0.3 is 37.1 Å². The van der Waals surface area contributed by atoms with Crippen LogP contribution in [0.5, 0.6) is 0 Å². The highest BCUT2D eigenvalue weighted by atomic mass is 31.1. The first-order chi connectivity index (χ1) is 39.5. The molecular formula is C59H42BF22NO2P-. The van der Waals surface area contributed by atoms with Crippen LogP contribution in [0, 0.1) is 42.5 Å². The zero-order valence-electron chi connectivity index (χ0n) is 44.8. The summed E-state index contributed by atoms with van der Waals surface area (Å²) in [6.07, 6.45) is -43.2. The summed E-state index contributed by atoms with van der Waals surface area (Å²) in [5.74, 6) is -11.7. The average molecular weight is 1260 g/mol. The molecule has 3 nitrogen and oxygen atoms in total. The summed E-state index contributed by atoms with van der Waals surface area (Å²) in [5, 5.41) is 2.22. The van der Waals surface area contributed by atoms with E-state index in [4.69, 9.17) is 14.5 Å². The van der Waals surface area contributed by atoms with Gasteiger partial charge in [-0.1, -0.05) is 112 Å². The molecule has 0 saturated carbocycles. The molecule has 1 aliphatic heterocycles. The maximum atomic E-state index is 17.7. The van der Waals surface area contributed by atoms with Crippen LogP contribution in [0.2, 0.25) is 0 Å². The van der Waals surface area contributed by atoms with Crippen molar-refractivity contribution in [2.45, 2.75) is 90.9 Å². The lowest BCUT2D eigenvalue weighted by atomic mass is 9.12. The molecule has 0 N–H and O–H groups in total. The Hall–Kier alpha value is -7.08. The fourth-order valence-electron chi connectivity index (χ4n) is 10.3. The highest BCUT2D eigenvalue weighted by Gasteiger charge is 2.48. The third-order valence-corrected chi connectivity index (χ3v) is 17.4. The van der Waals surface area contributed by atoms with E-state index in [9.17, 15) is 79.0 Å². The lowest BCUT2D eigenvalue weighted by Gasteiger charge is -2.46. The lowest BCUT2D eigenvalue weighted by molar-refractivity contribution is -0.144. The maximum absolute atomic E-state index is 17.7. The monoisotopic (exact) mass is 1260 g/mol. The van der Waals surface area contributed by atoms with Crippen molar-refractivity contribution in [2.24, 2.45) is 10.4 Å². The first-order valence-corrected chi connectivity index (χ1v) is 26.6. The maximum Gasteiger partial charge on any atom is 0.416 e. The van der Waals surface area contributed by atoms with E-state index in [0.29, 0.717) is 10.9 Å². The number of nitrogens with zero attached hydrogens (tertiary/aromatic N) is 1. The van der Waals surface area contributed by atoms with Gasteiger partial charge in [0.1, 0.15) is 24.4 Å². The van der Waals surface area contributed by atoms with E-state index in [2.05, 4.69) is 0 Å². The minimum Gasteiger partial charge on any atom is -0.475 e. The van der Waals surface area contributed by atoms with Gasteiger partial charge in [-0.05, 0) is 90.1 Å². The minimum atomic E-state index is -6.18. The summed E-state index contributed by atoms with van der Waals surface area (Å²) in [6.45, 7) is 7.30. The Morgan fingerprint density at radius 3 is 1.15 bits per heavy atom. The Bertz CT molecular complexity index is 3410. The Morgan fingerprint density at radius 2 is 0.826 bits per heavy atom. The molecule has 86 heavy (non-hydrogen) atoms. The zero-order valence-corrected chi connectivity index (χ0v) is 45.7. The molecule has 7 aromatic rings. The molecule has 0 saturated heterocycles. The molecule has 458 valence electrons. The molecule has 8 rings (SSSR count). The zero-order chi connectivity index (χ0) is 63.8. The second-order valence-electron chi connectivity index (χ2n) is 21.4. The third-order valence-electron chi connectivity index (χ3n) is 14.6. The summed E-state index contributed by atoms with van der Waals surface area (Å²) in [6, 6.07) is 12.4. The van der Waals surface area contributed by atoms with Crippen molar-refractivity contribution in [3.8, 4) is 0 Å². The van der Waals surface area contributed by atoms with Crippen LogP contribution in [0.1, 0.15) is 82.0 Å². The topological polar surface area (TPSA) is 30.8 Å². The number of hydrogen-bond donors (Lipinski definition) is 0. The molecule has 0 unspecified atom stereocenters. The van der Waals surface area contributed by atoms with Gasteiger partial charge in [0, 0.05) is 5.56 Å². The van der Waals surface area contributed by atoms with E-state index < -0.39 is 203 Å². The Balaban J connectivity index is 1.41. The summed E-state index contributed by atoms with van der Waals surface area (Å²) >= 11 is 0. The molecule has 27 heteroatoms. The number of benzene rings is 7. The normalized spacial score (nSPS) is 14.9. The van der Waals surface area contributed by atoms with Gasteiger partial charge in [0.2, 0.25) is 5.90 Å². The van der Waals surface area contributed by atoms with Crippen LogP contribution in [0.25, 0.3) is 0 Å². The number of halogens is 22. The van der Waals surface area contributed by atoms with Crippen LogP contribution >= 0.6 is 7.92 Å². The molecule has 0 radical (unpaired) electrons. The number of rotatable bonds is 12. The Labute approximate surface area is 476 Å². The summed E-state index contributed by atoms with van der Waals surface area (Å²) in [4.78, 5) is 4.86. The Kier molecular flexibility index (Phi) is 17.3. The van der Waals surface area contributed by atoms with E-state index in [1.165, 1.54) is 6.07 Å². The Morgan fingerprint density at radius 1 is 0.465 bits per heavy atom. The molecule has 1 atom stereocenters. The van der Waals surface area contributed by atoms with E-state index >= 15 is 17.6 Å². The van der Waals surface area contributed by atoms with Crippen LogP contribution in [0.3, 0.4) is 0 Å². The lowest BCUT2D eigenvalue weighted by Crippen LogP contribution is -2.77. The smallest absolute Gasteiger partial charge is 0.416 e. The van der Waals surface area contributed by atoms with Crippen molar-refractivity contribution in [2.75, 3.05) is 6.61 Å². The highest BCUT2D eigenvalue weighted by Crippen LogP contribution is 2.42. The summed E-state index contributed by atoms with van der Waals surface area (Å²) in [7, 11) is -1.59. The van der Waals surface area contributed by atoms with Gasteiger partial charge in [0.25, 0.3) is 0 Å². The highest BCUT2D eigenvalue weighted by molar-refractivity contribution is 7.80. The molecule has 1 heterocycles. The predicted octanol–water partition coefficient (Wildman–Crippen LogP) is 15.0. The summed E-state index contributed by atoms with van der Waals surface area (Å²) in [5.41, 5.74) is -25.9. The van der Waals surface area contributed by atoms with Crippen molar-refractivity contribution >= 4 is 57.7 Å². The molecule has 0 fully saturated rings. The number of alkyl halides is 18. The average Bonchev–Trinajstić information content (AvgIpc) is 0.759. The van der Waals surface area contributed by atoms with E-state index in [0.717, 1.165) is 21.7 Å². The van der Waals surface area contributed by atoms with Crippen molar-refractivity contribution in [1.82, 2.24) is 0 Å². The number of aryl methyl sites for hydroxylation is 2. The van der Waals surface area contributed by atoms with Gasteiger partial charge < -0.3 is 9.47 Å². The van der Waals surface area contributed by atoms with E-state index in [-0.39, 0.29) is 29.5 Å². The van der Waals surface area contributed by atoms with E-state index in [1.54, 1.807) is 36.4 Å². The van der Waals surface area contributed by atoms with Gasteiger partial charge in [-0.15, -0.1) is 5.46 Å². The van der Waals surface area contributed by atoms with Gasteiger partial charge in [0.05, 0.1) is 58.2 Å². The van der Waals surface area contributed by atoms with Gasteiger partial charge in [0.15, 0.2) is 11.6 Å². The van der Waals surface area contributed by atoms with Crippen LogP contribution in [-0.2, 0) is 59.7 Å². The molecule has 0 spiro atoms. The molecule has 0 aromatic heterocycles. The fourth-order valence-corrected chi connectivity index (χ4v) is 13.1. The summed E-state index contributed by atoms with van der Waals surface area (Å²) < 4.78 is 347. The van der Waals surface area contributed by atoms with Gasteiger partial charge in [-0.3, -0.25) is 0 Å². The van der Waals surface area contributed by atoms with Crippen LogP contribution in [-0.4, -0.2) is 24.7 Å². The second-order valence-corrected chi connectivity index (χ2v) is 23.5. The van der Waals surface area contributed by atoms with Gasteiger partial charge in [-0.2, -0.15) is 95.4 Å². The van der Waals surface area contributed by atoms with Crippen molar-refractivity contribution in [1.29, 1.82) is 0 Å². The minimum absolute atomic E-state index is 0.158. The SMILES string of the molecule is Cc1ccccc1P(c1ccccc1C)c1cc(COCc2c(F)c(F)c([B-](c3cc(C(F)(F)F)cc(C(F)(F)F)c3)(c3cc(C(F)(F)F)cc(C(F)(F)F)c3)c3cc(C(F)(F)F)cc(C(F)(F)F)c3)c(F)c2F)ccc1C1=N[C@@H](C(C)(C)C)CO1. The number of aliphatic imine (C=N–C) groups is 1. The number of hydrogen-bond acceptors (Lipinski definition) is 3.